The fourth-order valence-electron chi connectivity index (χ4n) is 4.09. The van der Waals surface area contributed by atoms with Crippen LogP contribution in [0.2, 0.25) is 0 Å². The molecule has 0 bridgehead atoms. The van der Waals surface area contributed by atoms with E-state index in [1.807, 2.05) is 51.1 Å². The van der Waals surface area contributed by atoms with Gasteiger partial charge in [0.25, 0.3) is 0 Å². The minimum absolute atomic E-state index is 0.0339. The molecule has 1 atom stereocenters. The average Bonchev–Trinajstić information content (AvgIpc) is 3.05. The topological polar surface area (TPSA) is 191 Å². The van der Waals surface area contributed by atoms with Crippen LogP contribution < -0.4 is 21.3 Å². The molecular formula is C38H65N5O10. The molecule has 1 aromatic rings. The van der Waals surface area contributed by atoms with Crippen LogP contribution >= 0.6 is 0 Å². The Labute approximate surface area is 315 Å². The number of carbonyl (C=O) groups is 6. The lowest BCUT2D eigenvalue weighted by Crippen LogP contribution is -2.46. The molecule has 5 amide bonds. The number of unbranched alkanes of at least 4 members (excludes halogenated alkanes) is 2. The Bertz CT molecular complexity index is 1210. The molecule has 53 heavy (non-hydrogen) atoms. The number of benzene rings is 1. The van der Waals surface area contributed by atoms with E-state index in [2.05, 4.69) is 21.3 Å². The molecule has 0 heterocycles. The van der Waals surface area contributed by atoms with Crippen LogP contribution in [-0.4, -0.2) is 104 Å². The lowest BCUT2D eigenvalue weighted by atomic mass is 10.1. The molecule has 0 aliphatic rings. The summed E-state index contributed by atoms with van der Waals surface area (Å²) >= 11 is 0. The summed E-state index contributed by atoms with van der Waals surface area (Å²) in [5.74, 6) is -1.06. The van der Waals surface area contributed by atoms with Crippen molar-refractivity contribution < 1.29 is 47.7 Å². The Morgan fingerprint density at radius 2 is 1.25 bits per heavy atom. The van der Waals surface area contributed by atoms with Gasteiger partial charge in [-0.3, -0.25) is 19.2 Å². The second-order valence-electron chi connectivity index (χ2n) is 15.2. The van der Waals surface area contributed by atoms with E-state index in [4.69, 9.17) is 18.9 Å². The van der Waals surface area contributed by atoms with Crippen LogP contribution in [0.15, 0.2) is 30.3 Å². The highest BCUT2D eigenvalue weighted by Gasteiger charge is 2.23. The predicted molar refractivity (Wildman–Crippen MR) is 202 cm³/mol. The van der Waals surface area contributed by atoms with E-state index in [0.29, 0.717) is 32.2 Å². The van der Waals surface area contributed by atoms with Gasteiger partial charge in [0.1, 0.15) is 23.9 Å². The summed E-state index contributed by atoms with van der Waals surface area (Å²) in [5.41, 5.74) is -0.412. The van der Waals surface area contributed by atoms with Crippen molar-refractivity contribution in [1.82, 2.24) is 26.2 Å². The number of ether oxygens (including phenoxy) is 4. The summed E-state index contributed by atoms with van der Waals surface area (Å²) in [7, 11) is 1.71. The summed E-state index contributed by atoms with van der Waals surface area (Å²) < 4.78 is 20.7. The maximum Gasteiger partial charge on any atom is 0.407 e. The number of methoxy groups -OCH3 is 1. The first-order chi connectivity index (χ1) is 24.7. The van der Waals surface area contributed by atoms with Crippen molar-refractivity contribution in [1.29, 1.82) is 0 Å². The molecule has 302 valence electrons. The number of hydrogen-bond acceptors (Lipinski definition) is 10. The van der Waals surface area contributed by atoms with Gasteiger partial charge in [0, 0.05) is 52.7 Å². The Kier molecular flexibility index (Phi) is 23.4. The Balaban J connectivity index is 0.00000413. The molecule has 15 heteroatoms. The normalized spacial score (nSPS) is 11.8. The molecule has 0 saturated heterocycles. The van der Waals surface area contributed by atoms with Crippen molar-refractivity contribution >= 4 is 36.4 Å². The Morgan fingerprint density at radius 1 is 0.717 bits per heavy atom. The monoisotopic (exact) mass is 751 g/mol. The molecular weight excluding hydrogens is 686 g/mol. The molecule has 0 spiro atoms. The quantitative estimate of drug-likeness (QED) is 0.0634. The maximum absolute atomic E-state index is 13.2. The zero-order valence-electron chi connectivity index (χ0n) is 33.6. The molecule has 0 aliphatic heterocycles. The number of alkyl carbamates (subject to hydrolysis) is 2. The zero-order valence-corrected chi connectivity index (χ0v) is 33.6. The van der Waals surface area contributed by atoms with Gasteiger partial charge in [0.05, 0.1) is 5.60 Å². The van der Waals surface area contributed by atoms with Crippen molar-refractivity contribution in [3.63, 3.8) is 0 Å². The first-order valence-electron chi connectivity index (χ1n) is 18.1. The van der Waals surface area contributed by atoms with Gasteiger partial charge in [-0.1, -0.05) is 36.8 Å². The average molecular weight is 752 g/mol. The van der Waals surface area contributed by atoms with Gasteiger partial charge in [-0.25, -0.2) is 9.59 Å². The SMILES string of the molecule is CC(C)(C)OC(=O)NCCN(CCNC(=O)OC(C)(C)C)C(=O)CC[C@H](NC=O)C(=O)NCCCCCC(=O)OCc1ccccc1.COC(C)(C)C. The number of nitrogens with one attached hydrogen (secondary N) is 4. The predicted octanol–water partition coefficient (Wildman–Crippen LogP) is 4.61. The zero-order chi connectivity index (χ0) is 40.5. The van der Waals surface area contributed by atoms with E-state index in [0.717, 1.165) is 5.56 Å². The third kappa shape index (κ3) is 28.8. The van der Waals surface area contributed by atoms with E-state index in [9.17, 15) is 28.8 Å². The van der Waals surface area contributed by atoms with Gasteiger partial charge >= 0.3 is 18.2 Å². The third-order valence-corrected chi connectivity index (χ3v) is 6.90. The van der Waals surface area contributed by atoms with Gasteiger partial charge in [0.2, 0.25) is 18.2 Å². The summed E-state index contributed by atoms with van der Waals surface area (Å²) in [6.45, 7) is 17.4. The molecule has 1 aromatic carbocycles. The molecule has 0 radical (unpaired) electrons. The third-order valence-electron chi connectivity index (χ3n) is 6.90. The van der Waals surface area contributed by atoms with Gasteiger partial charge in [-0.2, -0.15) is 0 Å². The van der Waals surface area contributed by atoms with Crippen molar-refractivity contribution in [2.75, 3.05) is 39.8 Å². The smallest absolute Gasteiger partial charge is 0.407 e. The number of nitrogens with zero attached hydrogens (tertiary/aromatic N) is 1. The van der Waals surface area contributed by atoms with Crippen LogP contribution in [0.1, 0.15) is 106 Å². The molecule has 0 unspecified atom stereocenters. The molecule has 15 nitrogen and oxygen atoms in total. The van der Waals surface area contributed by atoms with Crippen LogP contribution in [0.3, 0.4) is 0 Å². The highest BCUT2D eigenvalue weighted by atomic mass is 16.6. The van der Waals surface area contributed by atoms with Crippen molar-refractivity contribution in [2.45, 2.75) is 130 Å². The minimum atomic E-state index is -0.939. The second-order valence-corrected chi connectivity index (χ2v) is 15.2. The molecule has 1 rings (SSSR count). The molecule has 0 aliphatic carbocycles. The first-order valence-corrected chi connectivity index (χ1v) is 18.1. The number of esters is 1. The van der Waals surface area contributed by atoms with E-state index in [1.165, 1.54) is 4.90 Å². The fraction of sp³-hybridized carbons (Fsp3) is 0.684. The highest BCUT2D eigenvalue weighted by Crippen LogP contribution is 2.09. The van der Waals surface area contributed by atoms with E-state index < -0.39 is 35.3 Å². The Morgan fingerprint density at radius 3 is 1.72 bits per heavy atom. The van der Waals surface area contributed by atoms with Crippen molar-refractivity contribution in [2.24, 2.45) is 0 Å². The number of amides is 5. The van der Waals surface area contributed by atoms with E-state index >= 15 is 0 Å². The van der Waals surface area contributed by atoms with Crippen LogP contribution in [0.5, 0.6) is 0 Å². The van der Waals surface area contributed by atoms with E-state index in [1.54, 1.807) is 48.7 Å². The van der Waals surface area contributed by atoms with Crippen LogP contribution in [-0.2, 0) is 44.7 Å². The van der Waals surface area contributed by atoms with Crippen molar-refractivity contribution in [3.05, 3.63) is 35.9 Å². The first kappa shape index (κ1) is 48.6. The van der Waals surface area contributed by atoms with Crippen LogP contribution in [0, 0.1) is 0 Å². The van der Waals surface area contributed by atoms with Gasteiger partial charge in [0.15, 0.2) is 0 Å². The molecule has 0 saturated carbocycles. The van der Waals surface area contributed by atoms with Gasteiger partial charge < -0.3 is 45.1 Å². The highest BCUT2D eigenvalue weighted by molar-refractivity contribution is 5.84. The number of rotatable bonds is 20. The van der Waals surface area contributed by atoms with Crippen LogP contribution in [0.4, 0.5) is 9.59 Å². The Hall–Kier alpha value is -4.40. The fourth-order valence-corrected chi connectivity index (χ4v) is 4.09. The summed E-state index contributed by atoms with van der Waals surface area (Å²) in [6, 6.07) is 8.47. The number of carbonyl (C=O) groups excluding carboxylic acids is 6. The maximum atomic E-state index is 13.2. The van der Waals surface area contributed by atoms with Crippen molar-refractivity contribution in [3.8, 4) is 0 Å². The molecule has 0 fully saturated rings. The lowest BCUT2D eigenvalue weighted by Gasteiger charge is -2.25. The van der Waals surface area contributed by atoms with Crippen LogP contribution in [0.25, 0.3) is 0 Å². The van der Waals surface area contributed by atoms with Gasteiger partial charge in [-0.05, 0) is 87.1 Å². The lowest BCUT2D eigenvalue weighted by molar-refractivity contribution is -0.145. The summed E-state index contributed by atoms with van der Waals surface area (Å²) in [6.07, 6.45) is 1.28. The summed E-state index contributed by atoms with van der Waals surface area (Å²) in [4.78, 5) is 74.6. The standard InChI is InChI=1S/C33H53N5O9.C5H12O/c1-32(2,3)46-30(43)35-19-21-38(22-20-36-31(44)47-33(4,5)6)27(40)17-16-26(37-24-39)29(42)34-18-12-8-11-15-28(41)45-23-25-13-9-7-10-14-25;1-5(2,3)6-4/h7,9-10,13-14,24,26H,8,11-12,15-23H2,1-6H3,(H,34,42)(H,35,43)(H,36,44)(H,37,39);1-4H3/t26-;/m0./s1. The number of hydrogen-bond donors (Lipinski definition) is 4. The van der Waals surface area contributed by atoms with Gasteiger partial charge in [-0.15, -0.1) is 0 Å². The minimum Gasteiger partial charge on any atom is -0.461 e. The second kappa shape index (κ2) is 25.6. The molecule has 0 aromatic heterocycles. The largest absolute Gasteiger partial charge is 0.461 e. The molecule has 4 N–H and O–H groups in total. The van der Waals surface area contributed by atoms with E-state index in [-0.39, 0.29) is 69.5 Å². The summed E-state index contributed by atoms with van der Waals surface area (Å²) in [5, 5.41) is 10.4.